The summed E-state index contributed by atoms with van der Waals surface area (Å²) in [6, 6.07) is 0. The van der Waals surface area contributed by atoms with E-state index in [0.29, 0.717) is 10.5 Å². The molecule has 0 spiro atoms. The normalized spacial score (nSPS) is 28.4. The lowest BCUT2D eigenvalue weighted by atomic mass is 9.59. The summed E-state index contributed by atoms with van der Waals surface area (Å²) in [6.45, 7) is 28.9. The topological polar surface area (TPSA) is 0 Å². The Labute approximate surface area is 193 Å². The van der Waals surface area contributed by atoms with Crippen molar-refractivity contribution >= 4 is 25.3 Å². The molecule has 0 nitrogen and oxygen atoms in total. The van der Waals surface area contributed by atoms with E-state index in [1.54, 1.807) is 0 Å². The Kier molecular flexibility index (Phi) is 32.6. The van der Waals surface area contributed by atoms with Crippen molar-refractivity contribution in [1.82, 2.24) is 0 Å². The first-order valence-corrected chi connectivity index (χ1v) is 13.6. The minimum atomic E-state index is 0.461. The van der Waals surface area contributed by atoms with Crippen molar-refractivity contribution in [1.29, 1.82) is 0 Å². The molecule has 0 heterocycles. The minimum Gasteiger partial charge on any atom is -0.176 e. The van der Waals surface area contributed by atoms with Crippen LogP contribution < -0.4 is 0 Å². The third kappa shape index (κ3) is 13.6. The summed E-state index contributed by atoms with van der Waals surface area (Å²) in [5.41, 5.74) is 1.38. The van der Waals surface area contributed by atoms with E-state index < -0.39 is 0 Å². The lowest BCUT2D eigenvalue weighted by molar-refractivity contribution is 0.0749. The number of thiol groups is 2. The molecular formula is C26H58S2. The number of hydrogen-bond acceptors (Lipinski definition) is 2. The molecule has 2 aliphatic carbocycles. The van der Waals surface area contributed by atoms with E-state index in [-0.39, 0.29) is 0 Å². The highest BCUT2D eigenvalue weighted by Crippen LogP contribution is 2.51. The molecule has 2 aliphatic rings. The standard InChI is InChI=1S/C16H28S2.5C2H6/c1-10-9-11(2)16(18)14-6-4-5-13(15(10)14)8-7-12(3)17;5*1-2/h10,12-18H,2,4-9H2,1,3H3;5*1-2H3. The van der Waals surface area contributed by atoms with Crippen LogP contribution in [0.15, 0.2) is 12.2 Å². The van der Waals surface area contributed by atoms with E-state index in [2.05, 4.69) is 33.1 Å². The molecule has 0 aromatic carbocycles. The molecule has 2 heteroatoms. The Morgan fingerprint density at radius 1 is 0.929 bits per heavy atom. The van der Waals surface area contributed by atoms with Crippen LogP contribution >= 0.6 is 25.3 Å². The number of rotatable bonds is 3. The quantitative estimate of drug-likeness (QED) is 0.320. The molecule has 0 saturated heterocycles. The van der Waals surface area contributed by atoms with Gasteiger partial charge < -0.3 is 0 Å². The first-order chi connectivity index (χ1) is 13.5. The summed E-state index contributed by atoms with van der Waals surface area (Å²) in [5.74, 6) is 3.40. The van der Waals surface area contributed by atoms with Crippen LogP contribution in [0.2, 0.25) is 0 Å². The van der Waals surface area contributed by atoms with E-state index in [0.717, 1.165) is 23.7 Å². The fourth-order valence-electron chi connectivity index (χ4n) is 4.37. The van der Waals surface area contributed by atoms with Crippen molar-refractivity contribution in [3.8, 4) is 0 Å². The average molecular weight is 435 g/mol. The molecule has 2 fully saturated rings. The second kappa shape index (κ2) is 25.5. The van der Waals surface area contributed by atoms with Gasteiger partial charge in [0.2, 0.25) is 0 Å². The van der Waals surface area contributed by atoms with Crippen LogP contribution in [-0.2, 0) is 0 Å². The molecule has 0 N–H and O–H groups in total. The maximum absolute atomic E-state index is 4.85. The van der Waals surface area contributed by atoms with E-state index in [1.165, 1.54) is 44.1 Å². The SMILES string of the molecule is C=C1CC(C)C2C(CCC(C)S)CCCC2C1S.CC.CC.CC.CC.CC. The lowest BCUT2D eigenvalue weighted by Crippen LogP contribution is -2.42. The zero-order chi connectivity index (χ0) is 23.3. The van der Waals surface area contributed by atoms with Gasteiger partial charge >= 0.3 is 0 Å². The first kappa shape index (κ1) is 35.9. The van der Waals surface area contributed by atoms with Crippen molar-refractivity contribution < 1.29 is 0 Å². The predicted molar refractivity (Wildman–Crippen MR) is 144 cm³/mol. The maximum atomic E-state index is 4.85. The summed E-state index contributed by atoms with van der Waals surface area (Å²) in [7, 11) is 0. The van der Waals surface area contributed by atoms with Gasteiger partial charge in [-0.1, -0.05) is 108 Å². The molecule has 6 unspecified atom stereocenters. The molecule has 0 aromatic heterocycles. The molecule has 2 rings (SSSR count). The van der Waals surface area contributed by atoms with Gasteiger partial charge in [-0.2, -0.15) is 25.3 Å². The zero-order valence-corrected chi connectivity index (χ0v) is 23.6. The summed E-state index contributed by atoms with van der Waals surface area (Å²) in [4.78, 5) is 0. The highest BCUT2D eigenvalue weighted by Gasteiger charge is 2.43. The van der Waals surface area contributed by atoms with Gasteiger partial charge in [-0.15, -0.1) is 0 Å². The van der Waals surface area contributed by atoms with Crippen LogP contribution in [0.4, 0.5) is 0 Å². The van der Waals surface area contributed by atoms with E-state index in [9.17, 15) is 0 Å². The van der Waals surface area contributed by atoms with Crippen molar-refractivity contribution in [2.24, 2.45) is 23.7 Å². The molecular weight excluding hydrogens is 376 g/mol. The van der Waals surface area contributed by atoms with E-state index in [1.807, 2.05) is 69.2 Å². The van der Waals surface area contributed by atoms with Crippen LogP contribution in [0, 0.1) is 23.7 Å². The Hall–Kier alpha value is 0.440. The summed E-state index contributed by atoms with van der Waals surface area (Å²) >= 11 is 9.39. The lowest BCUT2D eigenvalue weighted by Gasteiger charge is -2.49. The van der Waals surface area contributed by atoms with Gasteiger partial charge in [0, 0.05) is 5.25 Å². The predicted octanol–water partition coefficient (Wildman–Crippen LogP) is 10.1. The van der Waals surface area contributed by atoms with Gasteiger partial charge in [0.25, 0.3) is 0 Å². The molecule has 0 aliphatic heterocycles. The third-order valence-corrected chi connectivity index (χ3v) is 6.18. The number of fused-ring (bicyclic) bond motifs is 1. The van der Waals surface area contributed by atoms with Crippen LogP contribution in [0.3, 0.4) is 0 Å². The Bertz CT molecular complexity index is 299. The first-order valence-electron chi connectivity index (χ1n) is 12.5. The van der Waals surface area contributed by atoms with E-state index >= 15 is 0 Å². The summed E-state index contributed by atoms with van der Waals surface area (Å²) in [5, 5.41) is 1.01. The van der Waals surface area contributed by atoms with E-state index in [4.69, 9.17) is 12.6 Å². The number of hydrogen-bond donors (Lipinski definition) is 2. The van der Waals surface area contributed by atoms with Crippen LogP contribution in [0.5, 0.6) is 0 Å². The fraction of sp³-hybridized carbons (Fsp3) is 0.923. The smallest absolute Gasteiger partial charge is 0.0254 e. The molecule has 0 amide bonds. The van der Waals surface area contributed by atoms with Crippen molar-refractivity contribution in [2.75, 3.05) is 0 Å². The minimum absolute atomic E-state index is 0.461. The molecule has 0 bridgehead atoms. The fourth-order valence-corrected chi connectivity index (χ4v) is 4.97. The zero-order valence-electron chi connectivity index (χ0n) is 21.8. The molecule has 28 heavy (non-hydrogen) atoms. The van der Waals surface area contributed by atoms with Crippen molar-refractivity contribution in [3.63, 3.8) is 0 Å². The monoisotopic (exact) mass is 434 g/mol. The van der Waals surface area contributed by atoms with Gasteiger partial charge in [0.15, 0.2) is 0 Å². The van der Waals surface area contributed by atoms with Crippen molar-refractivity contribution in [3.05, 3.63) is 12.2 Å². The molecule has 6 atom stereocenters. The molecule has 0 aromatic rings. The summed E-state index contributed by atoms with van der Waals surface area (Å²) < 4.78 is 0. The van der Waals surface area contributed by atoms with Gasteiger partial charge in [0.05, 0.1) is 0 Å². The Morgan fingerprint density at radius 2 is 1.39 bits per heavy atom. The Balaban J connectivity index is -0.000000251. The van der Waals surface area contributed by atoms with Gasteiger partial charge in [-0.25, -0.2) is 0 Å². The summed E-state index contributed by atoms with van der Waals surface area (Å²) in [6.07, 6.45) is 8.02. The van der Waals surface area contributed by atoms with Crippen LogP contribution in [-0.4, -0.2) is 10.5 Å². The van der Waals surface area contributed by atoms with Gasteiger partial charge in [-0.3, -0.25) is 0 Å². The van der Waals surface area contributed by atoms with Crippen molar-refractivity contribution in [2.45, 2.75) is 132 Å². The van der Waals surface area contributed by atoms with Crippen LogP contribution in [0.25, 0.3) is 0 Å². The largest absolute Gasteiger partial charge is 0.176 e. The Morgan fingerprint density at radius 3 is 1.82 bits per heavy atom. The average Bonchev–Trinajstić information content (AvgIpc) is 2.77. The third-order valence-electron chi connectivity index (χ3n) is 5.17. The van der Waals surface area contributed by atoms with Crippen LogP contribution in [0.1, 0.15) is 122 Å². The van der Waals surface area contributed by atoms with Gasteiger partial charge in [-0.05, 0) is 54.6 Å². The molecule has 174 valence electrons. The maximum Gasteiger partial charge on any atom is 0.0254 e. The molecule has 2 saturated carbocycles. The molecule has 0 radical (unpaired) electrons. The highest BCUT2D eigenvalue weighted by molar-refractivity contribution is 7.81. The second-order valence-corrected chi connectivity index (χ2v) is 8.08. The van der Waals surface area contributed by atoms with Gasteiger partial charge in [0.1, 0.15) is 0 Å². The second-order valence-electron chi connectivity index (χ2n) is 6.64. The highest BCUT2D eigenvalue weighted by atomic mass is 32.1.